The maximum Gasteiger partial charge on any atom is 0.362 e. The van der Waals surface area contributed by atoms with Crippen LogP contribution in [0.1, 0.15) is 200 Å². The van der Waals surface area contributed by atoms with Crippen molar-refractivity contribution in [3.63, 3.8) is 0 Å². The van der Waals surface area contributed by atoms with Gasteiger partial charge in [-0.15, -0.1) is 0 Å². The number of hydrogen-bond acceptors (Lipinski definition) is 6. The largest absolute Gasteiger partial charge is 0.477 e. The fourth-order valence-electron chi connectivity index (χ4n) is 6.85. The van der Waals surface area contributed by atoms with E-state index in [1.807, 2.05) is 21.1 Å². The van der Waals surface area contributed by atoms with Crippen LogP contribution in [0, 0.1) is 0 Å². The second-order valence-electron chi connectivity index (χ2n) is 17.0. The molecule has 1 N–H and O–H groups in total. The minimum absolute atomic E-state index is 0.0491. The highest BCUT2D eigenvalue weighted by atomic mass is 16.6. The number of esters is 2. The van der Waals surface area contributed by atoms with Gasteiger partial charge < -0.3 is 23.8 Å². The molecule has 0 aromatic carbocycles. The van der Waals surface area contributed by atoms with Crippen LogP contribution in [0.3, 0.4) is 0 Å². The van der Waals surface area contributed by atoms with Gasteiger partial charge in [-0.3, -0.25) is 9.59 Å². The molecule has 0 aliphatic carbocycles. The Labute approximate surface area is 356 Å². The third kappa shape index (κ3) is 38.8. The van der Waals surface area contributed by atoms with Crippen molar-refractivity contribution >= 4 is 17.9 Å². The van der Waals surface area contributed by atoms with E-state index in [1.165, 1.54) is 96.3 Å². The summed E-state index contributed by atoms with van der Waals surface area (Å²) >= 11 is 0. The maximum absolute atomic E-state index is 12.7. The van der Waals surface area contributed by atoms with Crippen LogP contribution >= 0.6 is 0 Å². The number of aliphatic carboxylic acids is 1. The number of carboxylic acid groups (broad SMARTS) is 1. The lowest BCUT2D eigenvalue weighted by molar-refractivity contribution is -0.887. The molecule has 8 nitrogen and oxygen atoms in total. The number of quaternary nitrogens is 1. The molecule has 0 aliphatic rings. The van der Waals surface area contributed by atoms with Crippen molar-refractivity contribution in [1.29, 1.82) is 0 Å². The molecule has 0 heterocycles. The molecule has 336 valence electrons. The summed E-state index contributed by atoms with van der Waals surface area (Å²) in [6.45, 7) is 4.60. The first kappa shape index (κ1) is 55.3. The standard InChI is InChI=1S/C50H89NO7/c1-6-8-10-12-14-16-18-20-22-24-25-27-28-30-32-34-36-38-40-48(52)57-45-46(44-56-43-42-47(50(54)55)51(3,4)5)58-49(53)41-39-37-35-33-31-29-26-23-21-19-17-15-13-11-9-7-2/h9,11,15,17,21,23,29,31,46-47H,6-8,10,12-14,16,18-20,22,24-28,30,32-45H2,1-5H3/p+1/b11-9+,17-15+,23-21+,31-29+. The normalized spacial score (nSPS) is 13.3. The zero-order valence-electron chi connectivity index (χ0n) is 38.2. The fourth-order valence-corrected chi connectivity index (χ4v) is 6.85. The summed E-state index contributed by atoms with van der Waals surface area (Å²) < 4.78 is 17.3. The first-order chi connectivity index (χ1) is 28.1. The molecule has 2 atom stereocenters. The van der Waals surface area contributed by atoms with Gasteiger partial charge >= 0.3 is 17.9 Å². The van der Waals surface area contributed by atoms with Gasteiger partial charge in [0.05, 0.1) is 34.4 Å². The average Bonchev–Trinajstić information content (AvgIpc) is 3.18. The summed E-state index contributed by atoms with van der Waals surface area (Å²) in [5.41, 5.74) is 0. The van der Waals surface area contributed by atoms with Crippen LogP contribution in [-0.2, 0) is 28.6 Å². The summed E-state index contributed by atoms with van der Waals surface area (Å²) in [5, 5.41) is 9.63. The van der Waals surface area contributed by atoms with Gasteiger partial charge in [0.2, 0.25) is 0 Å². The Morgan fingerprint density at radius 2 is 0.966 bits per heavy atom. The second kappa shape index (κ2) is 41.0. The number of carboxylic acids is 1. The van der Waals surface area contributed by atoms with Crippen LogP contribution in [0.25, 0.3) is 0 Å². The predicted molar refractivity (Wildman–Crippen MR) is 243 cm³/mol. The van der Waals surface area contributed by atoms with Crippen LogP contribution in [0.5, 0.6) is 0 Å². The van der Waals surface area contributed by atoms with E-state index < -0.39 is 18.1 Å². The minimum Gasteiger partial charge on any atom is -0.477 e. The lowest BCUT2D eigenvalue weighted by atomic mass is 10.0. The Morgan fingerprint density at radius 1 is 0.534 bits per heavy atom. The topological polar surface area (TPSA) is 99.1 Å². The van der Waals surface area contributed by atoms with E-state index in [2.05, 4.69) is 62.5 Å². The molecule has 0 radical (unpaired) electrons. The number of ether oxygens (including phenoxy) is 3. The lowest BCUT2D eigenvalue weighted by Gasteiger charge is -2.31. The molecule has 0 fully saturated rings. The third-order valence-corrected chi connectivity index (χ3v) is 10.5. The highest BCUT2D eigenvalue weighted by molar-refractivity contribution is 5.72. The van der Waals surface area contributed by atoms with E-state index in [1.54, 1.807) is 0 Å². The van der Waals surface area contributed by atoms with Crippen LogP contribution in [0.2, 0.25) is 0 Å². The van der Waals surface area contributed by atoms with Gasteiger partial charge in [-0.05, 0) is 51.4 Å². The molecule has 2 unspecified atom stereocenters. The molecule has 0 saturated heterocycles. The van der Waals surface area contributed by atoms with Crippen molar-refractivity contribution < 1.29 is 38.2 Å². The second-order valence-corrected chi connectivity index (χ2v) is 17.0. The van der Waals surface area contributed by atoms with E-state index in [0.717, 1.165) is 70.6 Å². The summed E-state index contributed by atoms with van der Waals surface area (Å²) in [6, 6.07) is -0.620. The molecular weight excluding hydrogens is 727 g/mol. The number of allylic oxidation sites excluding steroid dienone is 8. The number of unbranched alkanes of at least 4 members (excludes halogenated alkanes) is 20. The Kier molecular flexibility index (Phi) is 39.1. The van der Waals surface area contributed by atoms with Gasteiger partial charge in [-0.25, -0.2) is 4.79 Å². The summed E-state index contributed by atoms with van der Waals surface area (Å²) in [6.07, 6.45) is 48.7. The number of nitrogens with zero attached hydrogens (tertiary/aromatic N) is 1. The molecule has 0 rings (SSSR count). The van der Waals surface area contributed by atoms with Gasteiger partial charge in [-0.2, -0.15) is 0 Å². The molecule has 0 aromatic rings. The van der Waals surface area contributed by atoms with Crippen molar-refractivity contribution in [3.8, 4) is 0 Å². The zero-order valence-corrected chi connectivity index (χ0v) is 38.2. The lowest BCUT2D eigenvalue weighted by Crippen LogP contribution is -2.50. The summed E-state index contributed by atoms with van der Waals surface area (Å²) in [5.74, 6) is -1.50. The Balaban J connectivity index is 4.33. The number of rotatable bonds is 42. The monoisotopic (exact) mass is 817 g/mol. The zero-order chi connectivity index (χ0) is 42.8. The minimum atomic E-state index is -0.880. The Bertz CT molecular complexity index is 1090. The quantitative estimate of drug-likeness (QED) is 0.0283. The number of carbonyl (C=O) groups is 3. The molecule has 0 aromatic heterocycles. The molecule has 8 heteroatoms. The van der Waals surface area contributed by atoms with Crippen LogP contribution < -0.4 is 0 Å². The maximum atomic E-state index is 12.7. The number of hydrogen-bond donors (Lipinski definition) is 1. The van der Waals surface area contributed by atoms with Crippen LogP contribution in [0.15, 0.2) is 48.6 Å². The van der Waals surface area contributed by atoms with Crippen molar-refractivity contribution in [2.45, 2.75) is 212 Å². The molecule has 0 spiro atoms. The molecule has 58 heavy (non-hydrogen) atoms. The Hall–Kier alpha value is -2.71. The highest BCUT2D eigenvalue weighted by Gasteiger charge is 2.31. The number of carbonyl (C=O) groups excluding carboxylic acids is 2. The van der Waals surface area contributed by atoms with Gasteiger partial charge in [0.15, 0.2) is 12.1 Å². The molecule has 0 saturated carbocycles. The van der Waals surface area contributed by atoms with E-state index in [0.29, 0.717) is 19.3 Å². The van der Waals surface area contributed by atoms with E-state index in [4.69, 9.17) is 14.2 Å². The van der Waals surface area contributed by atoms with E-state index in [-0.39, 0.29) is 36.2 Å². The van der Waals surface area contributed by atoms with E-state index in [9.17, 15) is 19.5 Å². The molecule has 0 aliphatic heterocycles. The first-order valence-corrected chi connectivity index (χ1v) is 23.7. The number of likely N-dealkylation sites (N-methyl/N-ethyl adjacent to an activating group) is 1. The SMILES string of the molecule is CC/C=C/C/C=C/C/C=C/C/C=C/CCCCCC(=O)OC(COCCC(C(=O)O)[N+](C)(C)C)COC(=O)CCCCCCCCCCCCCCCCCCCC. The summed E-state index contributed by atoms with van der Waals surface area (Å²) in [4.78, 5) is 37.0. The van der Waals surface area contributed by atoms with Gasteiger partial charge in [0.1, 0.15) is 6.61 Å². The van der Waals surface area contributed by atoms with Crippen molar-refractivity contribution in [2.24, 2.45) is 0 Å². The molecule has 0 bridgehead atoms. The third-order valence-electron chi connectivity index (χ3n) is 10.5. The van der Waals surface area contributed by atoms with Crippen LogP contribution in [-0.4, -0.2) is 80.6 Å². The van der Waals surface area contributed by atoms with Gasteiger partial charge in [-0.1, -0.05) is 178 Å². The Morgan fingerprint density at radius 3 is 1.43 bits per heavy atom. The smallest absolute Gasteiger partial charge is 0.362 e. The molecular formula is C50H90NO7+. The van der Waals surface area contributed by atoms with Gasteiger partial charge in [0, 0.05) is 19.3 Å². The van der Waals surface area contributed by atoms with Crippen molar-refractivity contribution in [2.75, 3.05) is 41.0 Å². The average molecular weight is 817 g/mol. The van der Waals surface area contributed by atoms with E-state index >= 15 is 0 Å². The first-order valence-electron chi connectivity index (χ1n) is 23.7. The molecule has 0 amide bonds. The van der Waals surface area contributed by atoms with Crippen LogP contribution in [0.4, 0.5) is 0 Å². The van der Waals surface area contributed by atoms with Gasteiger partial charge in [0.25, 0.3) is 0 Å². The van der Waals surface area contributed by atoms with Crippen molar-refractivity contribution in [1.82, 2.24) is 0 Å². The fraction of sp³-hybridized carbons (Fsp3) is 0.780. The highest BCUT2D eigenvalue weighted by Crippen LogP contribution is 2.15. The predicted octanol–water partition coefficient (Wildman–Crippen LogP) is 13.2. The van der Waals surface area contributed by atoms with Crippen molar-refractivity contribution in [3.05, 3.63) is 48.6 Å². The summed E-state index contributed by atoms with van der Waals surface area (Å²) in [7, 11) is 5.52.